The molecule has 8 nitrogen and oxygen atoms in total. The van der Waals surface area contributed by atoms with E-state index in [9.17, 15) is 8.60 Å². The Hall–Kier alpha value is -2.82. The fourth-order valence-corrected chi connectivity index (χ4v) is 4.64. The number of likely N-dealkylation sites (N-methyl/N-ethyl adjacent to an activating group) is 1. The van der Waals surface area contributed by atoms with Crippen LogP contribution in [0.5, 0.6) is 5.75 Å². The molecule has 0 spiro atoms. The molecule has 1 aromatic heterocycles. The van der Waals surface area contributed by atoms with Crippen molar-refractivity contribution in [2.75, 3.05) is 45.1 Å². The van der Waals surface area contributed by atoms with Crippen LogP contribution in [0, 0.1) is 12.7 Å². The lowest BCUT2D eigenvalue weighted by Crippen LogP contribution is -2.31. The van der Waals surface area contributed by atoms with Gasteiger partial charge in [-0.2, -0.15) is 4.36 Å². The molecule has 3 aromatic rings. The number of aryl methyl sites for hydroxylation is 1. The van der Waals surface area contributed by atoms with E-state index in [0.717, 1.165) is 17.5 Å². The van der Waals surface area contributed by atoms with E-state index in [-0.39, 0.29) is 12.2 Å². The fraction of sp³-hybridized carbons (Fsp3) is 0.391. The molecule has 0 saturated carbocycles. The van der Waals surface area contributed by atoms with Gasteiger partial charge in [0.05, 0.1) is 16.9 Å². The number of anilines is 2. The van der Waals surface area contributed by atoms with Crippen LogP contribution in [0.15, 0.2) is 41.0 Å². The molecule has 0 bridgehead atoms. The van der Waals surface area contributed by atoms with Crippen molar-refractivity contribution in [3.63, 3.8) is 0 Å². The molecule has 1 fully saturated rings. The van der Waals surface area contributed by atoms with Crippen LogP contribution in [0.1, 0.15) is 5.56 Å². The van der Waals surface area contributed by atoms with Crippen molar-refractivity contribution in [3.05, 3.63) is 48.0 Å². The first-order valence-corrected chi connectivity index (χ1v) is 12.8. The molecule has 0 amide bonds. The normalized spacial score (nSPS) is 19.1. The maximum atomic E-state index is 14.1. The van der Waals surface area contributed by atoms with Crippen LogP contribution in [0.25, 0.3) is 10.9 Å². The quantitative estimate of drug-likeness (QED) is 0.581. The van der Waals surface area contributed by atoms with Crippen LogP contribution in [-0.2, 0) is 14.5 Å². The summed E-state index contributed by atoms with van der Waals surface area (Å²) in [5.74, 6) is 0.541. The number of fused-ring (bicyclic) bond motifs is 1. The Morgan fingerprint density at radius 3 is 2.67 bits per heavy atom. The standard InChI is InChI=1S/C23H28FN5O3S/c1-14-8-16(28-33(4,5)30)10-18-22(14)23(26-13-25-18)27-17-7-6-15(24)9-19(17)32-21-12-29(2)11-20(21)31-3/h6-10,13,20-21H,11-12H2,1-5H3,(H,25,26,27)/t20?,21-/m1/s1. The molecule has 1 aliphatic rings. The van der Waals surface area contributed by atoms with Crippen LogP contribution in [0.3, 0.4) is 0 Å². The predicted octanol–water partition coefficient (Wildman–Crippen LogP) is 3.89. The zero-order chi connectivity index (χ0) is 23.8. The molecule has 10 heteroatoms. The average molecular weight is 474 g/mol. The van der Waals surface area contributed by atoms with E-state index in [2.05, 4.69) is 24.5 Å². The lowest BCUT2D eigenvalue weighted by atomic mass is 10.1. The number of aromatic nitrogens is 2. The molecule has 2 atom stereocenters. The summed E-state index contributed by atoms with van der Waals surface area (Å²) in [7, 11) is 1.34. The average Bonchev–Trinajstić information content (AvgIpc) is 3.07. The largest absolute Gasteiger partial charge is 0.484 e. The number of nitrogens with one attached hydrogen (secondary N) is 1. The second-order valence-corrected chi connectivity index (χ2v) is 11.1. The van der Waals surface area contributed by atoms with E-state index in [0.29, 0.717) is 35.0 Å². The molecule has 2 heterocycles. The Morgan fingerprint density at radius 2 is 1.94 bits per heavy atom. The Labute approximate surface area is 193 Å². The minimum atomic E-state index is -2.30. The van der Waals surface area contributed by atoms with Crippen LogP contribution >= 0.6 is 0 Å². The molecule has 1 N–H and O–H groups in total. The smallest absolute Gasteiger partial charge is 0.146 e. The van der Waals surface area contributed by atoms with Gasteiger partial charge < -0.3 is 14.8 Å². The van der Waals surface area contributed by atoms with Gasteiger partial charge in [-0.3, -0.25) is 4.90 Å². The Bertz CT molecular complexity index is 1300. The van der Waals surface area contributed by atoms with Gasteiger partial charge in [-0.25, -0.2) is 18.6 Å². The second kappa shape index (κ2) is 9.20. The number of hydrogen-bond donors (Lipinski definition) is 1. The number of ether oxygens (including phenoxy) is 2. The highest BCUT2D eigenvalue weighted by atomic mass is 32.2. The third kappa shape index (κ3) is 5.40. The van der Waals surface area contributed by atoms with Crippen molar-refractivity contribution in [1.82, 2.24) is 14.9 Å². The predicted molar refractivity (Wildman–Crippen MR) is 129 cm³/mol. The highest BCUT2D eigenvalue weighted by molar-refractivity contribution is 7.92. The van der Waals surface area contributed by atoms with Crippen LogP contribution < -0.4 is 10.1 Å². The van der Waals surface area contributed by atoms with Gasteiger partial charge >= 0.3 is 0 Å². The lowest BCUT2D eigenvalue weighted by molar-refractivity contribution is 0.0344. The van der Waals surface area contributed by atoms with E-state index in [1.807, 2.05) is 20.0 Å². The summed E-state index contributed by atoms with van der Waals surface area (Å²) in [5, 5.41) is 4.08. The van der Waals surface area contributed by atoms with Crippen LogP contribution in [0.4, 0.5) is 21.6 Å². The third-order valence-corrected chi connectivity index (χ3v) is 6.07. The number of rotatable bonds is 6. The Morgan fingerprint density at radius 1 is 1.18 bits per heavy atom. The summed E-state index contributed by atoms with van der Waals surface area (Å²) in [6.45, 7) is 3.33. The summed E-state index contributed by atoms with van der Waals surface area (Å²) in [6.07, 6.45) is 4.29. The third-order valence-electron chi connectivity index (χ3n) is 5.42. The molecule has 4 rings (SSSR count). The Kier molecular flexibility index (Phi) is 6.51. The monoisotopic (exact) mass is 473 g/mol. The number of benzene rings is 2. The highest BCUT2D eigenvalue weighted by Crippen LogP contribution is 2.34. The van der Waals surface area contributed by atoms with Gasteiger partial charge in [0.25, 0.3) is 0 Å². The van der Waals surface area contributed by atoms with Crippen molar-refractivity contribution >= 4 is 37.8 Å². The van der Waals surface area contributed by atoms with Gasteiger partial charge in [0.1, 0.15) is 35.9 Å². The van der Waals surface area contributed by atoms with Gasteiger partial charge in [-0.05, 0) is 43.8 Å². The molecule has 0 radical (unpaired) electrons. The molecule has 2 aromatic carbocycles. The zero-order valence-electron chi connectivity index (χ0n) is 19.3. The highest BCUT2D eigenvalue weighted by Gasteiger charge is 2.33. The van der Waals surface area contributed by atoms with E-state index in [4.69, 9.17) is 9.47 Å². The lowest BCUT2D eigenvalue weighted by Gasteiger charge is -2.21. The second-order valence-electron chi connectivity index (χ2n) is 8.57. The van der Waals surface area contributed by atoms with Gasteiger partial charge in [0.2, 0.25) is 0 Å². The van der Waals surface area contributed by atoms with Crippen molar-refractivity contribution in [1.29, 1.82) is 0 Å². The number of likely N-dealkylation sites (tertiary alicyclic amines) is 1. The maximum absolute atomic E-state index is 14.1. The van der Waals surface area contributed by atoms with Crippen LogP contribution in [-0.4, -0.2) is 71.0 Å². The maximum Gasteiger partial charge on any atom is 0.146 e. The topological polar surface area (TPSA) is 88.9 Å². The zero-order valence-corrected chi connectivity index (χ0v) is 20.1. The van der Waals surface area contributed by atoms with Crippen LogP contribution in [0.2, 0.25) is 0 Å². The minimum Gasteiger partial charge on any atom is -0.484 e. The van der Waals surface area contributed by atoms with Crippen molar-refractivity contribution < 1.29 is 18.1 Å². The summed E-state index contributed by atoms with van der Waals surface area (Å²) in [5.41, 5.74) is 2.72. The summed E-state index contributed by atoms with van der Waals surface area (Å²) >= 11 is 0. The van der Waals surface area contributed by atoms with E-state index in [1.54, 1.807) is 31.8 Å². The molecule has 176 valence electrons. The van der Waals surface area contributed by atoms with E-state index < -0.39 is 15.5 Å². The molecule has 1 unspecified atom stereocenters. The SMILES string of the molecule is COC1CN(C)C[C@H]1Oc1cc(F)ccc1Nc1ncnc2cc(N=S(C)(C)=O)cc(C)c12. The molecule has 33 heavy (non-hydrogen) atoms. The molecule has 1 aliphatic heterocycles. The number of halogens is 1. The summed E-state index contributed by atoms with van der Waals surface area (Å²) in [4.78, 5) is 10.9. The first kappa shape index (κ1) is 23.3. The van der Waals surface area contributed by atoms with Crippen molar-refractivity contribution in [3.8, 4) is 5.75 Å². The number of hydrogen-bond acceptors (Lipinski definition) is 8. The van der Waals surface area contributed by atoms with Gasteiger partial charge in [-0.15, -0.1) is 0 Å². The van der Waals surface area contributed by atoms with E-state index in [1.165, 1.54) is 18.5 Å². The Balaban J connectivity index is 1.71. The summed E-state index contributed by atoms with van der Waals surface area (Å²) < 4.78 is 42.2. The molecular weight excluding hydrogens is 445 g/mol. The number of methoxy groups -OCH3 is 1. The van der Waals surface area contributed by atoms with Gasteiger partial charge in [-0.1, -0.05) is 0 Å². The fourth-order valence-electron chi connectivity index (χ4n) is 4.03. The van der Waals surface area contributed by atoms with Gasteiger partial charge in [0.15, 0.2) is 0 Å². The number of nitrogens with zero attached hydrogens (tertiary/aromatic N) is 4. The first-order chi connectivity index (χ1) is 15.6. The van der Waals surface area contributed by atoms with E-state index >= 15 is 0 Å². The molecular formula is C23H28FN5O3S. The first-order valence-electron chi connectivity index (χ1n) is 10.5. The van der Waals surface area contributed by atoms with Crippen molar-refractivity contribution in [2.45, 2.75) is 19.1 Å². The van der Waals surface area contributed by atoms with Crippen molar-refractivity contribution in [2.24, 2.45) is 4.36 Å². The summed E-state index contributed by atoms with van der Waals surface area (Å²) in [6, 6.07) is 7.99. The molecule has 0 aliphatic carbocycles. The van der Waals surface area contributed by atoms with Gasteiger partial charge in [0, 0.05) is 53.9 Å². The minimum absolute atomic E-state index is 0.109. The molecule has 1 saturated heterocycles.